The van der Waals surface area contributed by atoms with Gasteiger partial charge in [0, 0.05) is 34.2 Å². The highest BCUT2D eigenvalue weighted by molar-refractivity contribution is 6.12. The topological polar surface area (TPSA) is 42.2 Å². The maximum atomic E-state index is 12.7. The number of phenolic OH excluding ortho intramolecular Hbond substituents is 1. The number of benzene rings is 4. The SMILES string of the molecule is Cn1c2ccccc2c2cc(C=CC(=O)c3ccc4ccccc4c3O)ccc21. The molecule has 0 spiro atoms. The Kier molecular flexibility index (Phi) is 3.95. The van der Waals surface area contributed by atoms with Crippen molar-refractivity contribution < 1.29 is 9.90 Å². The molecular weight excluding hydrogens is 358 g/mol. The number of phenols is 1. The predicted molar refractivity (Wildman–Crippen MR) is 119 cm³/mol. The van der Waals surface area contributed by atoms with Gasteiger partial charge in [-0.05, 0) is 41.3 Å². The van der Waals surface area contributed by atoms with E-state index in [0.717, 1.165) is 21.9 Å². The Labute approximate surface area is 168 Å². The maximum absolute atomic E-state index is 12.7. The molecule has 0 radical (unpaired) electrons. The summed E-state index contributed by atoms with van der Waals surface area (Å²) in [6, 6.07) is 25.5. The van der Waals surface area contributed by atoms with Crippen molar-refractivity contribution in [1.29, 1.82) is 0 Å². The minimum absolute atomic E-state index is 0.0299. The number of hydrogen-bond donors (Lipinski definition) is 1. The number of aromatic nitrogens is 1. The Morgan fingerprint density at radius 2 is 1.55 bits per heavy atom. The Morgan fingerprint density at radius 3 is 2.41 bits per heavy atom. The van der Waals surface area contributed by atoms with Crippen LogP contribution in [-0.4, -0.2) is 15.5 Å². The molecule has 1 heterocycles. The lowest BCUT2D eigenvalue weighted by Gasteiger charge is -2.05. The van der Waals surface area contributed by atoms with Crippen molar-refractivity contribution in [2.75, 3.05) is 0 Å². The van der Waals surface area contributed by atoms with Gasteiger partial charge in [-0.15, -0.1) is 0 Å². The highest BCUT2D eigenvalue weighted by Crippen LogP contribution is 2.30. The zero-order chi connectivity index (χ0) is 20.0. The van der Waals surface area contributed by atoms with Gasteiger partial charge in [0.15, 0.2) is 5.78 Å². The second-order valence-corrected chi connectivity index (χ2v) is 7.23. The fourth-order valence-electron chi connectivity index (χ4n) is 4.00. The van der Waals surface area contributed by atoms with Gasteiger partial charge in [0.2, 0.25) is 0 Å². The maximum Gasteiger partial charge on any atom is 0.189 e. The van der Waals surface area contributed by atoms with Gasteiger partial charge in [0.1, 0.15) is 5.75 Å². The molecule has 5 rings (SSSR count). The van der Waals surface area contributed by atoms with Gasteiger partial charge in [-0.2, -0.15) is 0 Å². The molecule has 1 N–H and O–H groups in total. The zero-order valence-corrected chi connectivity index (χ0v) is 16.0. The number of nitrogens with zero attached hydrogens (tertiary/aromatic N) is 1. The zero-order valence-electron chi connectivity index (χ0n) is 16.0. The van der Waals surface area contributed by atoms with Gasteiger partial charge in [0.25, 0.3) is 0 Å². The van der Waals surface area contributed by atoms with Gasteiger partial charge < -0.3 is 9.67 Å². The third kappa shape index (κ3) is 2.79. The van der Waals surface area contributed by atoms with Crippen molar-refractivity contribution in [2.45, 2.75) is 0 Å². The largest absolute Gasteiger partial charge is 0.507 e. The molecule has 0 aliphatic carbocycles. The summed E-state index contributed by atoms with van der Waals surface area (Å²) in [6.45, 7) is 0. The lowest BCUT2D eigenvalue weighted by Crippen LogP contribution is -1.95. The van der Waals surface area contributed by atoms with Crippen LogP contribution in [0.2, 0.25) is 0 Å². The summed E-state index contributed by atoms with van der Waals surface area (Å²) >= 11 is 0. The number of fused-ring (bicyclic) bond motifs is 4. The number of aryl methyl sites for hydroxylation is 1. The van der Waals surface area contributed by atoms with Gasteiger partial charge in [-0.3, -0.25) is 4.79 Å². The van der Waals surface area contributed by atoms with Crippen LogP contribution in [0.5, 0.6) is 5.75 Å². The van der Waals surface area contributed by atoms with Crippen LogP contribution in [0.4, 0.5) is 0 Å². The van der Waals surface area contributed by atoms with Crippen molar-refractivity contribution in [2.24, 2.45) is 7.05 Å². The van der Waals surface area contributed by atoms with E-state index in [4.69, 9.17) is 0 Å². The monoisotopic (exact) mass is 377 g/mol. The molecule has 0 aliphatic heterocycles. The van der Waals surface area contributed by atoms with E-state index in [0.29, 0.717) is 10.9 Å². The van der Waals surface area contributed by atoms with Gasteiger partial charge in [-0.25, -0.2) is 0 Å². The average molecular weight is 377 g/mol. The second kappa shape index (κ2) is 6.64. The molecule has 0 unspecified atom stereocenters. The number of aromatic hydroxyl groups is 1. The van der Waals surface area contributed by atoms with E-state index in [1.54, 1.807) is 12.1 Å². The number of ketones is 1. The minimum atomic E-state index is -0.216. The van der Waals surface area contributed by atoms with Crippen LogP contribution in [0.1, 0.15) is 15.9 Å². The molecule has 0 aliphatic rings. The van der Waals surface area contributed by atoms with Gasteiger partial charge in [0.05, 0.1) is 5.56 Å². The van der Waals surface area contributed by atoms with E-state index < -0.39 is 0 Å². The van der Waals surface area contributed by atoms with Crippen LogP contribution in [0.3, 0.4) is 0 Å². The predicted octanol–water partition coefficient (Wildman–Crippen LogP) is 6.09. The fourth-order valence-corrected chi connectivity index (χ4v) is 4.00. The Hall–Kier alpha value is -3.85. The summed E-state index contributed by atoms with van der Waals surface area (Å²) in [5.41, 5.74) is 3.59. The third-order valence-electron chi connectivity index (χ3n) is 5.53. The number of para-hydroxylation sites is 1. The summed E-state index contributed by atoms with van der Waals surface area (Å²) in [5, 5.41) is 14.5. The number of hydrogen-bond acceptors (Lipinski definition) is 2. The van der Waals surface area contributed by atoms with Crippen LogP contribution in [-0.2, 0) is 7.05 Å². The van der Waals surface area contributed by atoms with E-state index in [2.05, 4.69) is 35.9 Å². The first-order valence-electron chi connectivity index (χ1n) is 9.54. The number of carbonyl (C=O) groups is 1. The first-order chi connectivity index (χ1) is 14.1. The fraction of sp³-hybridized carbons (Fsp3) is 0.0385. The number of rotatable bonds is 3. The molecule has 3 nitrogen and oxygen atoms in total. The first-order valence-corrected chi connectivity index (χ1v) is 9.54. The molecule has 0 bridgehead atoms. The molecule has 0 fully saturated rings. The highest BCUT2D eigenvalue weighted by Gasteiger charge is 2.12. The van der Waals surface area contributed by atoms with E-state index in [1.165, 1.54) is 17.0 Å². The molecule has 0 amide bonds. The van der Waals surface area contributed by atoms with Crippen LogP contribution in [0, 0.1) is 0 Å². The van der Waals surface area contributed by atoms with Gasteiger partial charge >= 0.3 is 0 Å². The summed E-state index contributed by atoms with van der Waals surface area (Å²) < 4.78 is 2.18. The summed E-state index contributed by atoms with van der Waals surface area (Å²) in [6.07, 6.45) is 3.33. The Morgan fingerprint density at radius 1 is 0.828 bits per heavy atom. The van der Waals surface area contributed by atoms with Crippen molar-refractivity contribution in [1.82, 2.24) is 4.57 Å². The van der Waals surface area contributed by atoms with Crippen molar-refractivity contribution >= 4 is 44.4 Å². The normalized spacial score (nSPS) is 11.8. The van der Waals surface area contributed by atoms with Gasteiger partial charge in [-0.1, -0.05) is 60.7 Å². The molecule has 29 heavy (non-hydrogen) atoms. The van der Waals surface area contributed by atoms with Crippen LogP contribution in [0.15, 0.2) is 84.9 Å². The average Bonchev–Trinajstić information content (AvgIpc) is 3.04. The third-order valence-corrected chi connectivity index (χ3v) is 5.53. The lowest BCUT2D eigenvalue weighted by atomic mass is 10.0. The Balaban J connectivity index is 1.53. The summed E-state index contributed by atoms with van der Waals surface area (Å²) in [5.74, 6) is -0.187. The van der Waals surface area contributed by atoms with E-state index in [9.17, 15) is 9.90 Å². The minimum Gasteiger partial charge on any atom is -0.507 e. The highest BCUT2D eigenvalue weighted by atomic mass is 16.3. The molecule has 1 aromatic heterocycles. The molecule has 0 saturated heterocycles. The molecule has 0 saturated carbocycles. The smallest absolute Gasteiger partial charge is 0.189 e. The summed E-state index contributed by atoms with van der Waals surface area (Å²) in [4.78, 5) is 12.7. The van der Waals surface area contributed by atoms with Crippen LogP contribution in [0.25, 0.3) is 38.7 Å². The molecule has 140 valence electrons. The molecule has 4 aromatic carbocycles. The number of carbonyl (C=O) groups excluding carboxylic acids is 1. The second-order valence-electron chi connectivity index (χ2n) is 7.23. The number of allylic oxidation sites excluding steroid dienone is 1. The standard InChI is InChI=1S/C26H19NO2/c1-27-23-9-5-4-8-20(23)22-16-17(10-14-24(22)27)11-15-25(28)21-13-12-18-6-2-3-7-19(18)26(21)29/h2-16,29H,1H3. The molecular formula is C26H19NO2. The lowest BCUT2D eigenvalue weighted by molar-refractivity contribution is 0.104. The van der Waals surface area contributed by atoms with E-state index in [1.807, 2.05) is 48.5 Å². The molecule has 5 aromatic rings. The van der Waals surface area contributed by atoms with E-state index >= 15 is 0 Å². The van der Waals surface area contributed by atoms with Crippen molar-refractivity contribution in [3.63, 3.8) is 0 Å². The van der Waals surface area contributed by atoms with E-state index in [-0.39, 0.29) is 11.5 Å². The first kappa shape index (κ1) is 17.3. The molecule has 0 atom stereocenters. The quantitative estimate of drug-likeness (QED) is 0.305. The van der Waals surface area contributed by atoms with Crippen molar-refractivity contribution in [3.8, 4) is 5.75 Å². The molecule has 3 heteroatoms. The van der Waals surface area contributed by atoms with Crippen LogP contribution >= 0.6 is 0 Å². The van der Waals surface area contributed by atoms with Crippen molar-refractivity contribution in [3.05, 3.63) is 96.1 Å². The Bertz CT molecular complexity index is 1440. The summed E-state index contributed by atoms with van der Waals surface area (Å²) in [7, 11) is 2.06. The van der Waals surface area contributed by atoms with Crippen LogP contribution < -0.4 is 0 Å².